The van der Waals surface area contributed by atoms with Gasteiger partial charge in [0.2, 0.25) is 0 Å². The summed E-state index contributed by atoms with van der Waals surface area (Å²) in [5, 5.41) is 2.95. The lowest BCUT2D eigenvalue weighted by atomic mass is 10.1. The zero-order valence-corrected chi connectivity index (χ0v) is 14.9. The lowest BCUT2D eigenvalue weighted by molar-refractivity contribution is 0.192. The van der Waals surface area contributed by atoms with Crippen molar-refractivity contribution in [3.05, 3.63) is 23.7 Å². The van der Waals surface area contributed by atoms with Gasteiger partial charge in [-0.25, -0.2) is 13.2 Å². The molecule has 1 aromatic rings. The second kappa shape index (κ2) is 7.38. The van der Waals surface area contributed by atoms with Crippen LogP contribution in [0.15, 0.2) is 16.5 Å². The van der Waals surface area contributed by atoms with Gasteiger partial charge in [0.1, 0.15) is 11.5 Å². The van der Waals surface area contributed by atoms with Crippen LogP contribution in [-0.4, -0.2) is 50.0 Å². The molecule has 1 saturated heterocycles. The smallest absolute Gasteiger partial charge is 0.317 e. The molecule has 1 aromatic heterocycles. The average molecular weight is 342 g/mol. The fraction of sp³-hybridized carbons (Fsp3) is 0.688. The first kappa shape index (κ1) is 17.8. The Kier molecular flexibility index (Phi) is 5.73. The van der Waals surface area contributed by atoms with E-state index in [0.29, 0.717) is 6.54 Å². The summed E-state index contributed by atoms with van der Waals surface area (Å²) < 4.78 is 29.0. The van der Waals surface area contributed by atoms with Crippen molar-refractivity contribution >= 4 is 15.9 Å². The number of carbonyl (C=O) groups is 1. The van der Waals surface area contributed by atoms with Gasteiger partial charge in [-0.15, -0.1) is 0 Å². The number of furan rings is 1. The molecule has 1 N–H and O–H groups in total. The third-order valence-electron chi connectivity index (χ3n) is 4.02. The van der Waals surface area contributed by atoms with Crippen molar-refractivity contribution in [1.29, 1.82) is 0 Å². The molecule has 1 aliphatic heterocycles. The molecule has 1 fully saturated rings. The van der Waals surface area contributed by atoms with Crippen LogP contribution in [0.5, 0.6) is 0 Å². The molecular formula is C16H26N2O4S. The molecule has 130 valence electrons. The molecule has 0 saturated carbocycles. The Morgan fingerprint density at radius 3 is 2.87 bits per heavy atom. The van der Waals surface area contributed by atoms with Crippen LogP contribution in [0, 0.1) is 12.8 Å². The van der Waals surface area contributed by atoms with Gasteiger partial charge < -0.3 is 14.6 Å². The molecule has 1 aliphatic rings. The van der Waals surface area contributed by atoms with Crippen LogP contribution in [0.3, 0.4) is 0 Å². The SMILES string of the molecule is Cc1ccc(CC[C@@H](C)NC(=O)N2CCS(=O)(=O)C[C@@H](C)C2)o1. The van der Waals surface area contributed by atoms with Gasteiger partial charge in [0.25, 0.3) is 0 Å². The highest BCUT2D eigenvalue weighted by Gasteiger charge is 2.27. The van der Waals surface area contributed by atoms with E-state index in [0.717, 1.165) is 24.4 Å². The molecule has 0 aliphatic carbocycles. The van der Waals surface area contributed by atoms with Crippen molar-refractivity contribution in [2.24, 2.45) is 5.92 Å². The molecule has 23 heavy (non-hydrogen) atoms. The van der Waals surface area contributed by atoms with E-state index in [2.05, 4.69) is 5.32 Å². The second-order valence-electron chi connectivity index (χ2n) is 6.57. The Morgan fingerprint density at radius 1 is 1.48 bits per heavy atom. The number of aryl methyl sites for hydroxylation is 2. The molecule has 2 atom stereocenters. The van der Waals surface area contributed by atoms with E-state index >= 15 is 0 Å². The van der Waals surface area contributed by atoms with Gasteiger partial charge in [-0.1, -0.05) is 6.92 Å². The Hall–Kier alpha value is -1.50. The van der Waals surface area contributed by atoms with Gasteiger partial charge in [-0.3, -0.25) is 0 Å². The van der Waals surface area contributed by atoms with E-state index in [9.17, 15) is 13.2 Å². The molecule has 7 heteroatoms. The summed E-state index contributed by atoms with van der Waals surface area (Å²) >= 11 is 0. The first-order chi connectivity index (χ1) is 10.7. The van der Waals surface area contributed by atoms with E-state index in [1.54, 1.807) is 4.90 Å². The summed E-state index contributed by atoms with van der Waals surface area (Å²) in [5.74, 6) is 1.97. The maximum absolute atomic E-state index is 12.3. The van der Waals surface area contributed by atoms with Gasteiger partial charge >= 0.3 is 6.03 Å². The first-order valence-corrected chi connectivity index (χ1v) is 9.88. The minimum absolute atomic E-state index is 0.00284. The zero-order chi connectivity index (χ0) is 17.0. The van der Waals surface area contributed by atoms with E-state index < -0.39 is 9.84 Å². The highest BCUT2D eigenvalue weighted by Crippen LogP contribution is 2.12. The Bertz CT molecular complexity index is 638. The number of rotatable bonds is 4. The summed E-state index contributed by atoms with van der Waals surface area (Å²) in [5.41, 5.74) is 0. The predicted molar refractivity (Wildman–Crippen MR) is 89.2 cm³/mol. The highest BCUT2D eigenvalue weighted by atomic mass is 32.2. The number of urea groups is 1. The third kappa shape index (κ3) is 5.57. The Labute approximate surface area is 138 Å². The van der Waals surface area contributed by atoms with Crippen LogP contribution in [0.4, 0.5) is 4.79 Å². The van der Waals surface area contributed by atoms with Crippen LogP contribution in [-0.2, 0) is 16.3 Å². The molecule has 2 heterocycles. The molecule has 0 aromatic carbocycles. The lowest BCUT2D eigenvalue weighted by Crippen LogP contribution is -2.46. The van der Waals surface area contributed by atoms with E-state index in [4.69, 9.17) is 4.42 Å². The maximum Gasteiger partial charge on any atom is 0.317 e. The van der Waals surface area contributed by atoms with Gasteiger partial charge in [-0.2, -0.15) is 0 Å². The number of hydrogen-bond donors (Lipinski definition) is 1. The summed E-state index contributed by atoms with van der Waals surface area (Å²) in [6.07, 6.45) is 1.54. The minimum Gasteiger partial charge on any atom is -0.466 e. The van der Waals surface area contributed by atoms with Crippen LogP contribution in [0.1, 0.15) is 31.8 Å². The number of nitrogens with one attached hydrogen (secondary N) is 1. The van der Waals surface area contributed by atoms with Gasteiger partial charge in [0.05, 0.1) is 11.5 Å². The second-order valence-corrected chi connectivity index (χ2v) is 8.80. The van der Waals surface area contributed by atoms with E-state index in [1.807, 2.05) is 32.9 Å². The fourth-order valence-electron chi connectivity index (χ4n) is 2.82. The molecule has 0 unspecified atom stereocenters. The van der Waals surface area contributed by atoms with Crippen molar-refractivity contribution in [1.82, 2.24) is 10.2 Å². The number of hydrogen-bond acceptors (Lipinski definition) is 4. The number of carbonyl (C=O) groups excluding carboxylic acids is 1. The third-order valence-corrected chi connectivity index (χ3v) is 5.90. The summed E-state index contributed by atoms with van der Waals surface area (Å²) in [7, 11) is -3.04. The standard InChI is InChI=1S/C16H26N2O4S/c1-12-10-18(8-9-23(20,21)11-12)16(19)17-13(2)4-6-15-7-5-14(3)22-15/h5,7,12-13H,4,6,8-11H2,1-3H3,(H,17,19)/t12-,13+/m0/s1. The normalized spacial score (nSPS) is 22.4. The lowest BCUT2D eigenvalue weighted by Gasteiger charge is -2.24. The van der Waals surface area contributed by atoms with Crippen LogP contribution in [0.2, 0.25) is 0 Å². The topological polar surface area (TPSA) is 79.6 Å². The maximum atomic E-state index is 12.3. The molecule has 2 amide bonds. The molecule has 2 rings (SSSR count). The minimum atomic E-state index is -3.04. The monoisotopic (exact) mass is 342 g/mol. The van der Waals surface area contributed by atoms with Crippen molar-refractivity contribution in [2.45, 2.75) is 39.7 Å². The van der Waals surface area contributed by atoms with Crippen LogP contribution in [0.25, 0.3) is 0 Å². The van der Waals surface area contributed by atoms with Gasteiger partial charge in [0.15, 0.2) is 9.84 Å². The number of nitrogens with zero attached hydrogens (tertiary/aromatic N) is 1. The van der Waals surface area contributed by atoms with Crippen LogP contribution >= 0.6 is 0 Å². The van der Waals surface area contributed by atoms with E-state index in [-0.39, 0.29) is 36.0 Å². The quantitative estimate of drug-likeness (QED) is 0.907. The number of sulfone groups is 1. The first-order valence-electron chi connectivity index (χ1n) is 8.06. The molecule has 0 radical (unpaired) electrons. The number of amides is 2. The highest BCUT2D eigenvalue weighted by molar-refractivity contribution is 7.91. The Balaban J connectivity index is 1.83. The van der Waals surface area contributed by atoms with Crippen molar-refractivity contribution in [2.75, 3.05) is 24.6 Å². The molecule has 0 spiro atoms. The van der Waals surface area contributed by atoms with Crippen LogP contribution < -0.4 is 5.32 Å². The summed E-state index contributed by atoms with van der Waals surface area (Å²) in [4.78, 5) is 13.9. The summed E-state index contributed by atoms with van der Waals surface area (Å²) in [6, 6.07) is 3.70. The largest absolute Gasteiger partial charge is 0.466 e. The fourth-order valence-corrected chi connectivity index (χ4v) is 4.46. The van der Waals surface area contributed by atoms with Crippen molar-refractivity contribution < 1.29 is 17.6 Å². The zero-order valence-electron chi connectivity index (χ0n) is 14.0. The molecular weight excluding hydrogens is 316 g/mol. The predicted octanol–water partition coefficient (Wildman–Crippen LogP) is 1.99. The summed E-state index contributed by atoms with van der Waals surface area (Å²) in [6.45, 7) is 6.47. The van der Waals surface area contributed by atoms with Gasteiger partial charge in [0, 0.05) is 25.6 Å². The molecule has 6 nitrogen and oxygen atoms in total. The Morgan fingerprint density at radius 2 is 2.22 bits per heavy atom. The van der Waals surface area contributed by atoms with Crippen molar-refractivity contribution in [3.63, 3.8) is 0 Å². The van der Waals surface area contributed by atoms with E-state index in [1.165, 1.54) is 0 Å². The van der Waals surface area contributed by atoms with Crippen molar-refractivity contribution in [3.8, 4) is 0 Å². The average Bonchev–Trinajstić information content (AvgIpc) is 2.79. The molecule has 0 bridgehead atoms. The van der Waals surface area contributed by atoms with Gasteiger partial charge in [-0.05, 0) is 38.3 Å².